The molecular formula is C20H36. The zero-order valence-electron chi connectivity index (χ0n) is 13.8. The molecule has 0 amide bonds. The van der Waals surface area contributed by atoms with Crippen LogP contribution in [-0.4, -0.2) is 0 Å². The molecule has 0 radical (unpaired) electrons. The first-order valence-corrected chi connectivity index (χ1v) is 8.84. The molecule has 116 valence electrons. The van der Waals surface area contributed by atoms with Crippen molar-refractivity contribution in [2.24, 2.45) is 0 Å². The lowest BCUT2D eigenvalue weighted by Crippen LogP contribution is -1.80. The van der Waals surface area contributed by atoms with E-state index in [9.17, 15) is 0 Å². The average molecular weight is 277 g/mol. The lowest BCUT2D eigenvalue weighted by molar-refractivity contribution is 0.577. The molecule has 0 nitrogen and oxygen atoms in total. The van der Waals surface area contributed by atoms with Gasteiger partial charge in [0.25, 0.3) is 0 Å². The Hall–Kier alpha value is -0.780. The Morgan fingerprint density at radius 3 is 1.60 bits per heavy atom. The molecule has 0 aliphatic rings. The number of allylic oxidation sites excluding steroid dienone is 5. The van der Waals surface area contributed by atoms with Gasteiger partial charge in [-0.25, -0.2) is 0 Å². The van der Waals surface area contributed by atoms with Gasteiger partial charge in [0.15, 0.2) is 0 Å². The maximum absolute atomic E-state index is 3.67. The summed E-state index contributed by atoms with van der Waals surface area (Å²) in [7, 11) is 0. The highest BCUT2D eigenvalue weighted by Crippen LogP contribution is 2.10. The minimum atomic E-state index is 1.19. The quantitative estimate of drug-likeness (QED) is 0.166. The number of hydrogen-bond donors (Lipinski definition) is 0. The first-order chi connectivity index (χ1) is 9.91. The van der Waals surface area contributed by atoms with E-state index >= 15 is 0 Å². The summed E-state index contributed by atoms with van der Waals surface area (Å²) in [6, 6.07) is 0. The van der Waals surface area contributed by atoms with E-state index in [0.717, 1.165) is 0 Å². The molecule has 0 saturated heterocycles. The van der Waals surface area contributed by atoms with E-state index in [0.29, 0.717) is 0 Å². The molecule has 0 N–H and O–H groups in total. The summed E-state index contributed by atoms with van der Waals surface area (Å²) in [6.45, 7) is 5.95. The fourth-order valence-corrected chi connectivity index (χ4v) is 2.35. The Morgan fingerprint density at radius 2 is 1.05 bits per heavy atom. The van der Waals surface area contributed by atoms with Crippen molar-refractivity contribution in [3.8, 4) is 0 Å². The second-order valence-electron chi connectivity index (χ2n) is 5.68. The van der Waals surface area contributed by atoms with E-state index in [1.807, 2.05) is 12.2 Å². The Balaban J connectivity index is 3.08. The highest BCUT2D eigenvalue weighted by molar-refractivity contribution is 4.96. The Labute approximate surface area is 128 Å². The summed E-state index contributed by atoms with van der Waals surface area (Å²) in [5.74, 6) is 0. The number of unbranched alkanes of at least 4 members (excludes halogenated alkanes) is 11. The molecule has 0 aliphatic carbocycles. The van der Waals surface area contributed by atoms with E-state index in [1.165, 1.54) is 83.5 Å². The molecule has 0 aromatic rings. The van der Waals surface area contributed by atoms with Crippen molar-refractivity contribution in [2.45, 2.75) is 90.4 Å². The van der Waals surface area contributed by atoms with Gasteiger partial charge in [-0.3, -0.25) is 0 Å². The highest BCUT2D eigenvalue weighted by atomic mass is 14.0. The average Bonchev–Trinajstić information content (AvgIpc) is 2.47. The lowest BCUT2D eigenvalue weighted by Gasteiger charge is -1.99. The van der Waals surface area contributed by atoms with Gasteiger partial charge in [0.1, 0.15) is 0 Å². The van der Waals surface area contributed by atoms with Crippen LogP contribution < -0.4 is 0 Å². The van der Waals surface area contributed by atoms with Crippen LogP contribution in [0.3, 0.4) is 0 Å². The molecule has 0 saturated carbocycles. The molecule has 0 heterocycles. The molecule has 0 spiro atoms. The predicted molar refractivity (Wildman–Crippen MR) is 94.2 cm³/mol. The van der Waals surface area contributed by atoms with Gasteiger partial charge >= 0.3 is 0 Å². The summed E-state index contributed by atoms with van der Waals surface area (Å²) < 4.78 is 0. The molecule has 0 atom stereocenters. The van der Waals surface area contributed by atoms with Crippen LogP contribution in [0.4, 0.5) is 0 Å². The van der Waals surface area contributed by atoms with Crippen LogP contribution in [0.2, 0.25) is 0 Å². The van der Waals surface area contributed by atoms with Crippen molar-refractivity contribution in [3.05, 3.63) is 37.0 Å². The van der Waals surface area contributed by atoms with E-state index in [-0.39, 0.29) is 0 Å². The summed E-state index contributed by atoms with van der Waals surface area (Å²) in [5, 5.41) is 0. The van der Waals surface area contributed by atoms with Crippen LogP contribution in [0.25, 0.3) is 0 Å². The SMILES string of the molecule is C=C/C=C/CCCCC=CCCCCCCCCCC. The van der Waals surface area contributed by atoms with Crippen LogP contribution in [0.15, 0.2) is 37.0 Å². The van der Waals surface area contributed by atoms with E-state index in [2.05, 4.69) is 31.7 Å². The fourth-order valence-electron chi connectivity index (χ4n) is 2.35. The standard InChI is InChI=1S/C20H36/c1-3-5-7-9-11-13-15-17-19-20-18-16-14-12-10-8-6-4-2/h3,5,7,17,19H,1,4,6,8-16,18,20H2,2H3/b7-5+,19-17?. The summed E-state index contributed by atoms with van der Waals surface area (Å²) in [5.41, 5.74) is 0. The van der Waals surface area contributed by atoms with Gasteiger partial charge in [-0.2, -0.15) is 0 Å². The fraction of sp³-hybridized carbons (Fsp3) is 0.700. The van der Waals surface area contributed by atoms with Gasteiger partial charge in [-0.1, -0.05) is 88.8 Å². The molecule has 0 aromatic carbocycles. The monoisotopic (exact) mass is 276 g/mol. The van der Waals surface area contributed by atoms with Gasteiger partial charge in [-0.05, 0) is 38.5 Å². The largest absolute Gasteiger partial charge is 0.0991 e. The molecule has 0 rings (SSSR count). The van der Waals surface area contributed by atoms with E-state index < -0.39 is 0 Å². The van der Waals surface area contributed by atoms with Crippen molar-refractivity contribution in [1.29, 1.82) is 0 Å². The molecule has 0 aromatic heterocycles. The van der Waals surface area contributed by atoms with Gasteiger partial charge in [0, 0.05) is 0 Å². The Kier molecular flexibility index (Phi) is 17.5. The second kappa shape index (κ2) is 18.2. The highest BCUT2D eigenvalue weighted by Gasteiger charge is 1.90. The third kappa shape index (κ3) is 17.2. The maximum atomic E-state index is 3.67. The Morgan fingerprint density at radius 1 is 0.600 bits per heavy atom. The summed E-state index contributed by atoms with van der Waals surface area (Å²) in [6.07, 6.45) is 28.5. The maximum Gasteiger partial charge on any atom is -0.0348 e. The van der Waals surface area contributed by atoms with Crippen LogP contribution in [0, 0.1) is 0 Å². The first kappa shape index (κ1) is 19.2. The molecule has 0 heteroatoms. The van der Waals surface area contributed by atoms with Crippen LogP contribution >= 0.6 is 0 Å². The van der Waals surface area contributed by atoms with Gasteiger partial charge in [0.05, 0.1) is 0 Å². The first-order valence-electron chi connectivity index (χ1n) is 8.84. The molecule has 0 fully saturated rings. The van der Waals surface area contributed by atoms with Crippen LogP contribution in [0.1, 0.15) is 90.4 Å². The molecule has 0 bridgehead atoms. The second-order valence-corrected chi connectivity index (χ2v) is 5.68. The van der Waals surface area contributed by atoms with Crippen molar-refractivity contribution in [3.63, 3.8) is 0 Å². The number of hydrogen-bond acceptors (Lipinski definition) is 0. The van der Waals surface area contributed by atoms with Gasteiger partial charge in [-0.15, -0.1) is 0 Å². The molecule has 0 unspecified atom stereocenters. The van der Waals surface area contributed by atoms with Crippen molar-refractivity contribution in [1.82, 2.24) is 0 Å². The molecule has 20 heavy (non-hydrogen) atoms. The zero-order valence-corrected chi connectivity index (χ0v) is 13.8. The third-order valence-electron chi connectivity index (χ3n) is 3.65. The number of rotatable bonds is 15. The van der Waals surface area contributed by atoms with E-state index in [1.54, 1.807) is 0 Å². The van der Waals surface area contributed by atoms with Crippen molar-refractivity contribution < 1.29 is 0 Å². The normalized spacial score (nSPS) is 11.7. The minimum Gasteiger partial charge on any atom is -0.0991 e. The molecule has 0 aliphatic heterocycles. The topological polar surface area (TPSA) is 0 Å². The Bertz CT molecular complexity index is 234. The lowest BCUT2D eigenvalue weighted by atomic mass is 10.1. The van der Waals surface area contributed by atoms with E-state index in [4.69, 9.17) is 0 Å². The minimum absolute atomic E-state index is 1.19. The van der Waals surface area contributed by atoms with Gasteiger partial charge in [0.2, 0.25) is 0 Å². The van der Waals surface area contributed by atoms with Crippen LogP contribution in [0.5, 0.6) is 0 Å². The summed E-state index contributed by atoms with van der Waals surface area (Å²) in [4.78, 5) is 0. The predicted octanol–water partition coefficient (Wildman–Crippen LogP) is 7.38. The zero-order chi connectivity index (χ0) is 14.7. The third-order valence-corrected chi connectivity index (χ3v) is 3.65. The van der Waals surface area contributed by atoms with Crippen LogP contribution in [-0.2, 0) is 0 Å². The smallest absolute Gasteiger partial charge is 0.0348 e. The summed E-state index contributed by atoms with van der Waals surface area (Å²) >= 11 is 0. The van der Waals surface area contributed by atoms with Gasteiger partial charge < -0.3 is 0 Å². The van der Waals surface area contributed by atoms with Crippen molar-refractivity contribution >= 4 is 0 Å². The van der Waals surface area contributed by atoms with Crippen molar-refractivity contribution in [2.75, 3.05) is 0 Å². The molecular weight excluding hydrogens is 240 g/mol.